The van der Waals surface area contributed by atoms with Crippen molar-refractivity contribution < 1.29 is 47.6 Å². The van der Waals surface area contributed by atoms with Crippen LogP contribution in [0.3, 0.4) is 0 Å². The van der Waals surface area contributed by atoms with Crippen molar-refractivity contribution in [3.8, 4) is 28.1 Å². The van der Waals surface area contributed by atoms with Gasteiger partial charge in [0, 0.05) is 23.3 Å². The molecule has 14 heteroatoms. The van der Waals surface area contributed by atoms with Gasteiger partial charge in [0.1, 0.15) is 29.4 Å². The highest BCUT2D eigenvalue weighted by atomic mass is 16.6. The fourth-order valence-corrected chi connectivity index (χ4v) is 5.59. The molecule has 1 amide bonds. The molecule has 0 unspecified atom stereocenters. The number of hydrogen-bond donors (Lipinski definition) is 0. The van der Waals surface area contributed by atoms with Gasteiger partial charge in [-0.1, -0.05) is 24.3 Å². The summed E-state index contributed by atoms with van der Waals surface area (Å²) in [5.41, 5.74) is 2.46. The zero-order valence-electron chi connectivity index (χ0n) is 32.8. The number of hydrogen-bond acceptors (Lipinski definition) is 12. The van der Waals surface area contributed by atoms with Crippen molar-refractivity contribution in [2.24, 2.45) is 0 Å². The normalized spacial score (nSPS) is 11.5. The molecule has 0 aliphatic rings. The summed E-state index contributed by atoms with van der Waals surface area (Å²) in [4.78, 5) is 61.1. The van der Waals surface area contributed by atoms with Crippen molar-refractivity contribution in [1.29, 1.82) is 0 Å². The Morgan fingerprint density at radius 2 is 1.36 bits per heavy atom. The van der Waals surface area contributed by atoms with Crippen LogP contribution in [-0.4, -0.2) is 90.4 Å². The first-order valence-corrected chi connectivity index (χ1v) is 17.9. The maximum Gasteiger partial charge on any atom is 0.419 e. The lowest BCUT2D eigenvalue weighted by atomic mass is 10.0. The van der Waals surface area contributed by atoms with Gasteiger partial charge in [-0.15, -0.1) is 0 Å². The van der Waals surface area contributed by atoms with Crippen molar-refractivity contribution in [3.05, 3.63) is 96.4 Å². The predicted octanol–water partition coefficient (Wildman–Crippen LogP) is 7.96. The van der Waals surface area contributed by atoms with E-state index in [1.54, 1.807) is 45.4 Å². The summed E-state index contributed by atoms with van der Waals surface area (Å²) in [5.74, 6) is -0.678. The summed E-state index contributed by atoms with van der Waals surface area (Å²) in [6.45, 7) is 11.4. The average Bonchev–Trinajstić information content (AvgIpc) is 3.56. The molecule has 0 N–H and O–H groups in total. The number of aromatic nitrogens is 3. The smallest absolute Gasteiger partial charge is 0.419 e. The molecule has 0 aliphatic carbocycles. The van der Waals surface area contributed by atoms with Crippen LogP contribution in [0.1, 0.15) is 62.3 Å². The van der Waals surface area contributed by atoms with Gasteiger partial charge >= 0.3 is 24.1 Å². The van der Waals surface area contributed by atoms with Gasteiger partial charge in [0.15, 0.2) is 0 Å². The molecule has 5 aromatic rings. The summed E-state index contributed by atoms with van der Waals surface area (Å²) in [5, 5.41) is 0.859. The van der Waals surface area contributed by atoms with Crippen molar-refractivity contribution in [2.45, 2.75) is 52.7 Å². The molecule has 0 radical (unpaired) electrons. The standard InChI is InChI=1S/C42H46N4O10/c1-41(2,3)55-39(49)45(19-20-53-21-22-54-31-14-15-32(37(47)51-7)33(24-31)38(48)52-8)36-16-13-30(25-44-36)27-9-11-28(12-10-27)34-23-29-17-18-43-26-35(29)46(34)40(50)56-42(4,5)6/h9-18,23-26H,19-22H2,1-8H3. The summed E-state index contributed by atoms with van der Waals surface area (Å²) in [7, 11) is 2.43. The molecule has 294 valence electrons. The molecule has 14 nitrogen and oxygen atoms in total. The monoisotopic (exact) mass is 766 g/mol. The maximum atomic E-state index is 13.3. The molecule has 0 aliphatic heterocycles. The van der Waals surface area contributed by atoms with Crippen LogP contribution in [0.2, 0.25) is 0 Å². The fourth-order valence-electron chi connectivity index (χ4n) is 5.59. The van der Waals surface area contributed by atoms with Crippen LogP contribution >= 0.6 is 0 Å². The number of fused-ring (bicyclic) bond motifs is 1. The molecule has 0 spiro atoms. The Labute approximate surface area is 325 Å². The molecule has 0 atom stereocenters. The molecule has 0 saturated heterocycles. The van der Waals surface area contributed by atoms with Gasteiger partial charge in [-0.05, 0) is 95.1 Å². The largest absolute Gasteiger partial charge is 0.491 e. The summed E-state index contributed by atoms with van der Waals surface area (Å²) >= 11 is 0. The minimum Gasteiger partial charge on any atom is -0.491 e. The van der Waals surface area contributed by atoms with E-state index in [1.807, 2.05) is 63.2 Å². The lowest BCUT2D eigenvalue weighted by molar-refractivity contribution is 0.0538. The first-order chi connectivity index (χ1) is 26.6. The van der Waals surface area contributed by atoms with Crippen LogP contribution in [0.15, 0.2) is 85.3 Å². The van der Waals surface area contributed by atoms with Crippen LogP contribution in [0.4, 0.5) is 15.4 Å². The van der Waals surface area contributed by atoms with Gasteiger partial charge in [0.2, 0.25) is 0 Å². The number of carbonyl (C=O) groups excluding carboxylic acids is 4. The number of nitrogens with zero attached hydrogens (tertiary/aromatic N) is 4. The third-order valence-corrected chi connectivity index (χ3v) is 8.09. The van der Waals surface area contributed by atoms with Crippen LogP contribution in [0.25, 0.3) is 33.3 Å². The number of amides is 1. The zero-order chi connectivity index (χ0) is 40.6. The van der Waals surface area contributed by atoms with Crippen LogP contribution in [-0.2, 0) is 23.7 Å². The van der Waals surface area contributed by atoms with Crippen molar-refractivity contribution in [1.82, 2.24) is 14.5 Å². The zero-order valence-corrected chi connectivity index (χ0v) is 32.8. The molecule has 0 saturated carbocycles. The number of carbonyl (C=O) groups is 4. The van der Waals surface area contributed by atoms with Gasteiger partial charge < -0.3 is 28.4 Å². The molecular weight excluding hydrogens is 720 g/mol. The number of rotatable bonds is 12. The van der Waals surface area contributed by atoms with Crippen molar-refractivity contribution >= 4 is 40.8 Å². The van der Waals surface area contributed by atoms with E-state index in [-0.39, 0.29) is 37.5 Å². The van der Waals surface area contributed by atoms with Crippen molar-refractivity contribution in [2.75, 3.05) is 45.5 Å². The lowest BCUT2D eigenvalue weighted by Crippen LogP contribution is -2.39. The summed E-state index contributed by atoms with van der Waals surface area (Å²) in [6, 6.07) is 19.5. The number of methoxy groups -OCH3 is 2. The molecule has 0 bridgehead atoms. The summed E-state index contributed by atoms with van der Waals surface area (Å²) in [6.07, 6.45) is 3.92. The second-order valence-electron chi connectivity index (χ2n) is 14.5. The minimum absolute atomic E-state index is 0.0129. The molecule has 0 fully saturated rings. The van der Waals surface area contributed by atoms with Crippen molar-refractivity contribution in [3.63, 3.8) is 0 Å². The minimum atomic E-state index is -0.746. The first kappa shape index (κ1) is 40.9. The van der Waals surface area contributed by atoms with Crippen LogP contribution < -0.4 is 9.64 Å². The number of esters is 2. The van der Waals surface area contributed by atoms with Gasteiger partial charge in [0.05, 0.1) is 62.5 Å². The quantitative estimate of drug-likeness (QED) is 0.0687. The lowest BCUT2D eigenvalue weighted by Gasteiger charge is -2.27. The van der Waals surface area contributed by atoms with E-state index >= 15 is 0 Å². The topological polar surface area (TPSA) is 158 Å². The highest BCUT2D eigenvalue weighted by molar-refractivity contribution is 6.03. The average molecular weight is 767 g/mol. The molecule has 5 rings (SSSR count). The Morgan fingerprint density at radius 1 is 0.696 bits per heavy atom. The molecule has 3 heterocycles. The number of benzene rings is 2. The van der Waals surface area contributed by atoms with E-state index in [0.717, 1.165) is 22.1 Å². The SMILES string of the molecule is COC(=O)c1ccc(OCCOCCN(C(=O)OC(C)(C)C)c2ccc(-c3ccc(-c4cc5ccncc5n4C(=O)OC(C)(C)C)cc3)cn2)cc1C(=O)OC. The van der Waals surface area contributed by atoms with Crippen LogP contribution in [0.5, 0.6) is 5.75 Å². The highest BCUT2D eigenvalue weighted by Crippen LogP contribution is 2.31. The third-order valence-electron chi connectivity index (χ3n) is 8.09. The Hall–Kier alpha value is -6.28. The van der Waals surface area contributed by atoms with Gasteiger partial charge in [-0.2, -0.15) is 0 Å². The number of ether oxygens (including phenoxy) is 6. The Morgan fingerprint density at radius 3 is 2.00 bits per heavy atom. The van der Waals surface area contributed by atoms with Gasteiger partial charge in [0.25, 0.3) is 0 Å². The van der Waals surface area contributed by atoms with E-state index in [4.69, 9.17) is 28.4 Å². The van der Waals surface area contributed by atoms with Gasteiger partial charge in [-0.3, -0.25) is 9.88 Å². The molecule has 56 heavy (non-hydrogen) atoms. The number of anilines is 1. The Balaban J connectivity index is 1.25. The molecular formula is C42H46N4O10. The van der Waals surface area contributed by atoms with Crippen LogP contribution in [0, 0.1) is 0 Å². The summed E-state index contributed by atoms with van der Waals surface area (Å²) < 4.78 is 33.9. The van der Waals surface area contributed by atoms with E-state index in [1.165, 1.54) is 41.9 Å². The first-order valence-electron chi connectivity index (χ1n) is 17.9. The highest BCUT2D eigenvalue weighted by Gasteiger charge is 2.26. The molecule has 2 aromatic carbocycles. The fraction of sp³-hybridized carbons (Fsp3) is 0.333. The predicted molar refractivity (Wildman–Crippen MR) is 209 cm³/mol. The van der Waals surface area contributed by atoms with E-state index < -0.39 is 35.3 Å². The second-order valence-corrected chi connectivity index (χ2v) is 14.5. The second kappa shape index (κ2) is 17.5. The number of pyridine rings is 2. The van der Waals surface area contributed by atoms with E-state index in [9.17, 15) is 19.2 Å². The van der Waals surface area contributed by atoms with E-state index in [2.05, 4.69) is 9.97 Å². The van der Waals surface area contributed by atoms with E-state index in [0.29, 0.717) is 22.8 Å². The van der Waals surface area contributed by atoms with Gasteiger partial charge in [-0.25, -0.2) is 28.7 Å². The maximum absolute atomic E-state index is 13.3. The Bertz CT molecular complexity index is 2180. The Kier molecular flexibility index (Phi) is 12.7. The molecule has 3 aromatic heterocycles. The third kappa shape index (κ3) is 10.3.